The van der Waals surface area contributed by atoms with Crippen LogP contribution in [0.1, 0.15) is 297 Å². The molecule has 0 rings (SSSR count). The highest BCUT2D eigenvalue weighted by molar-refractivity contribution is 5.71. The zero-order valence-corrected chi connectivity index (χ0v) is 45.1. The van der Waals surface area contributed by atoms with Gasteiger partial charge in [0.15, 0.2) is 6.10 Å². The summed E-state index contributed by atoms with van der Waals surface area (Å²) in [4.78, 5) is 38.0. The van der Waals surface area contributed by atoms with Crippen LogP contribution in [0.15, 0.2) is 60.8 Å². The van der Waals surface area contributed by atoms with Gasteiger partial charge in [-0.15, -0.1) is 0 Å². The van der Waals surface area contributed by atoms with Crippen LogP contribution in [-0.2, 0) is 28.6 Å². The van der Waals surface area contributed by atoms with E-state index in [1.165, 1.54) is 161 Å². The number of hydrogen-bond acceptors (Lipinski definition) is 6. The van der Waals surface area contributed by atoms with Gasteiger partial charge in [-0.05, 0) is 64.2 Å². The molecule has 0 aliphatic carbocycles. The number of unbranched alkanes of at least 4 members (excludes halogenated alkanes) is 32. The van der Waals surface area contributed by atoms with Gasteiger partial charge in [0.25, 0.3) is 0 Å². The number of hydrogen-bond donors (Lipinski definition) is 0. The molecule has 0 saturated heterocycles. The van der Waals surface area contributed by atoms with Crippen molar-refractivity contribution in [3.05, 3.63) is 60.8 Å². The predicted molar refractivity (Wildman–Crippen MR) is 293 cm³/mol. The summed E-state index contributed by atoms with van der Waals surface area (Å²) in [7, 11) is 0. The van der Waals surface area contributed by atoms with Gasteiger partial charge in [0, 0.05) is 19.3 Å². The Kier molecular flexibility index (Phi) is 54.3. The highest BCUT2D eigenvalue weighted by Crippen LogP contribution is 2.16. The topological polar surface area (TPSA) is 78.9 Å². The third-order valence-electron chi connectivity index (χ3n) is 12.8. The average Bonchev–Trinajstić information content (AvgIpc) is 3.34. The zero-order chi connectivity index (χ0) is 49.3. The molecule has 0 spiro atoms. The normalized spacial score (nSPS) is 12.5. The minimum atomic E-state index is -0.771. The van der Waals surface area contributed by atoms with E-state index in [9.17, 15) is 14.4 Å². The smallest absolute Gasteiger partial charge is 0.306 e. The Bertz CT molecular complexity index is 1230. The Hall–Kier alpha value is -2.89. The van der Waals surface area contributed by atoms with Gasteiger partial charge >= 0.3 is 17.9 Å². The quantitative estimate of drug-likeness (QED) is 0.0262. The van der Waals surface area contributed by atoms with Crippen molar-refractivity contribution in [1.29, 1.82) is 0 Å². The number of ether oxygens (including phenoxy) is 3. The molecule has 0 heterocycles. The number of allylic oxidation sites excluding steroid dienone is 10. The lowest BCUT2D eigenvalue weighted by molar-refractivity contribution is -0.167. The second kappa shape index (κ2) is 56.7. The number of carbonyl (C=O) groups excluding carboxylic acids is 3. The summed E-state index contributed by atoms with van der Waals surface area (Å²) in [5.41, 5.74) is 0. The molecular weight excluding hydrogens is 841 g/mol. The minimum absolute atomic E-state index is 0.0721. The summed E-state index contributed by atoms with van der Waals surface area (Å²) in [5, 5.41) is 0. The van der Waals surface area contributed by atoms with Crippen LogP contribution < -0.4 is 0 Å². The van der Waals surface area contributed by atoms with Crippen LogP contribution in [0, 0.1) is 0 Å². The van der Waals surface area contributed by atoms with E-state index in [1.807, 2.05) is 0 Å². The molecule has 1 atom stereocenters. The van der Waals surface area contributed by atoms with Crippen molar-refractivity contribution in [3.8, 4) is 0 Å². The zero-order valence-electron chi connectivity index (χ0n) is 45.1. The number of rotatable bonds is 53. The third kappa shape index (κ3) is 54.1. The molecule has 6 heteroatoms. The molecule has 0 aromatic heterocycles. The molecule has 1 unspecified atom stereocenters. The van der Waals surface area contributed by atoms with E-state index >= 15 is 0 Å². The Labute approximate surface area is 421 Å². The van der Waals surface area contributed by atoms with Gasteiger partial charge < -0.3 is 14.2 Å². The van der Waals surface area contributed by atoms with Crippen molar-refractivity contribution in [2.45, 2.75) is 303 Å². The highest BCUT2D eigenvalue weighted by Gasteiger charge is 2.19. The first-order valence-corrected chi connectivity index (χ1v) is 29.3. The number of carbonyl (C=O) groups is 3. The maximum absolute atomic E-state index is 12.8. The van der Waals surface area contributed by atoms with E-state index in [0.29, 0.717) is 19.3 Å². The summed E-state index contributed by atoms with van der Waals surface area (Å²) >= 11 is 0. The molecule has 0 aliphatic rings. The first kappa shape index (κ1) is 65.1. The van der Waals surface area contributed by atoms with Crippen molar-refractivity contribution in [1.82, 2.24) is 0 Å². The van der Waals surface area contributed by atoms with Crippen LogP contribution in [-0.4, -0.2) is 37.2 Å². The van der Waals surface area contributed by atoms with Gasteiger partial charge in [0.1, 0.15) is 13.2 Å². The molecule has 0 aromatic rings. The summed E-state index contributed by atoms with van der Waals surface area (Å²) in [6, 6.07) is 0. The summed E-state index contributed by atoms with van der Waals surface area (Å²) in [5.74, 6) is -0.869. The van der Waals surface area contributed by atoms with E-state index in [-0.39, 0.29) is 31.1 Å². The van der Waals surface area contributed by atoms with Gasteiger partial charge in [0.2, 0.25) is 0 Å². The van der Waals surface area contributed by atoms with Gasteiger partial charge in [-0.25, -0.2) is 0 Å². The van der Waals surface area contributed by atoms with Gasteiger partial charge in [-0.3, -0.25) is 14.4 Å². The molecule has 6 nitrogen and oxygen atoms in total. The van der Waals surface area contributed by atoms with Crippen LogP contribution in [0.2, 0.25) is 0 Å². The summed E-state index contributed by atoms with van der Waals surface area (Å²) in [6.45, 7) is 6.52. The molecule has 0 bridgehead atoms. The maximum Gasteiger partial charge on any atom is 0.306 e. The maximum atomic E-state index is 12.8. The molecule has 68 heavy (non-hydrogen) atoms. The standard InChI is InChI=1S/C62H110O6/c1-4-7-10-13-16-19-21-23-25-27-28-29-30-31-32-33-34-36-37-39-41-43-46-49-52-55-61(64)67-58-59(57-66-60(63)54-51-48-45-18-15-12-9-6-3)68-62(65)56-53-50-47-44-42-40-38-35-26-24-22-20-17-14-11-8-5-2/h7,10,16,19,23,25,28-29,31-32,59H,4-6,8-9,11-15,17-18,20-22,24,26-27,30,33-58H2,1-3H3/b10-7-,19-16-,25-23-,29-28-,32-31-. The molecule has 0 radical (unpaired) electrons. The first-order chi connectivity index (χ1) is 33.5. The lowest BCUT2D eigenvalue weighted by Gasteiger charge is -2.18. The Morgan fingerprint density at radius 2 is 0.574 bits per heavy atom. The van der Waals surface area contributed by atoms with E-state index in [2.05, 4.69) is 81.5 Å². The molecule has 394 valence electrons. The molecule has 0 saturated carbocycles. The van der Waals surface area contributed by atoms with Crippen molar-refractivity contribution in [3.63, 3.8) is 0 Å². The summed E-state index contributed by atoms with van der Waals surface area (Å²) in [6.07, 6.45) is 70.8. The molecular formula is C62H110O6. The fourth-order valence-electron chi connectivity index (χ4n) is 8.41. The lowest BCUT2D eigenvalue weighted by atomic mass is 10.0. The monoisotopic (exact) mass is 951 g/mol. The fourth-order valence-corrected chi connectivity index (χ4v) is 8.41. The van der Waals surface area contributed by atoms with E-state index in [4.69, 9.17) is 14.2 Å². The van der Waals surface area contributed by atoms with Gasteiger partial charge in [0.05, 0.1) is 0 Å². The van der Waals surface area contributed by atoms with E-state index in [1.54, 1.807) is 0 Å². The fraction of sp³-hybridized carbons (Fsp3) is 0.790. The number of esters is 3. The second-order valence-corrected chi connectivity index (χ2v) is 19.5. The SMILES string of the molecule is CC/C=C\C/C=C\C/C=C\C/C=C\C/C=C\CCCCCCCCCCCC(=O)OCC(COC(=O)CCCCCCCCCC)OC(=O)CCCCCCCCCCCCCCCCCCC. The van der Waals surface area contributed by atoms with Crippen LogP contribution in [0.3, 0.4) is 0 Å². The minimum Gasteiger partial charge on any atom is -0.462 e. The largest absolute Gasteiger partial charge is 0.462 e. The second-order valence-electron chi connectivity index (χ2n) is 19.5. The Morgan fingerprint density at radius 1 is 0.309 bits per heavy atom. The summed E-state index contributed by atoms with van der Waals surface area (Å²) < 4.78 is 16.8. The third-order valence-corrected chi connectivity index (χ3v) is 12.8. The Morgan fingerprint density at radius 3 is 0.897 bits per heavy atom. The van der Waals surface area contributed by atoms with Crippen molar-refractivity contribution >= 4 is 17.9 Å². The lowest BCUT2D eigenvalue weighted by Crippen LogP contribution is -2.30. The van der Waals surface area contributed by atoms with Gasteiger partial charge in [-0.1, -0.05) is 274 Å². The van der Waals surface area contributed by atoms with Crippen molar-refractivity contribution in [2.75, 3.05) is 13.2 Å². The van der Waals surface area contributed by atoms with Crippen LogP contribution in [0.25, 0.3) is 0 Å². The molecule has 0 N–H and O–H groups in total. The van der Waals surface area contributed by atoms with Crippen LogP contribution in [0.5, 0.6) is 0 Å². The molecule has 0 amide bonds. The Balaban J connectivity index is 4.20. The van der Waals surface area contributed by atoms with E-state index < -0.39 is 6.10 Å². The molecule has 0 aliphatic heterocycles. The van der Waals surface area contributed by atoms with Crippen LogP contribution in [0.4, 0.5) is 0 Å². The van der Waals surface area contributed by atoms with Crippen LogP contribution >= 0.6 is 0 Å². The van der Waals surface area contributed by atoms with E-state index in [0.717, 1.165) is 96.3 Å². The van der Waals surface area contributed by atoms with Crippen molar-refractivity contribution in [2.24, 2.45) is 0 Å². The predicted octanol–water partition coefficient (Wildman–Crippen LogP) is 19.6. The first-order valence-electron chi connectivity index (χ1n) is 29.3. The highest BCUT2D eigenvalue weighted by atomic mass is 16.6. The van der Waals surface area contributed by atoms with Crippen molar-refractivity contribution < 1.29 is 28.6 Å². The average molecular weight is 952 g/mol. The van der Waals surface area contributed by atoms with Gasteiger partial charge in [-0.2, -0.15) is 0 Å². The molecule has 0 aromatic carbocycles. The molecule has 0 fully saturated rings.